The smallest absolute Gasteiger partial charge is 0.0459 e. The van der Waals surface area contributed by atoms with Crippen molar-refractivity contribution < 1.29 is 0 Å². The molecule has 0 aromatic heterocycles. The minimum atomic E-state index is 0.165. The standard InChI is InChI=1S/C11H14ClN/c1-2-11(7-8-13-11)9-5-3-4-6-10(9)12/h3-6,13H,2,7-8H2,1H3. The van der Waals surface area contributed by atoms with Crippen LogP contribution in [0.5, 0.6) is 0 Å². The summed E-state index contributed by atoms with van der Waals surface area (Å²) in [6.45, 7) is 3.31. The minimum Gasteiger partial charge on any atom is -0.307 e. The van der Waals surface area contributed by atoms with Crippen molar-refractivity contribution in [2.24, 2.45) is 0 Å². The SMILES string of the molecule is CCC1(c2ccccc2Cl)CCN1. The number of rotatable bonds is 2. The maximum Gasteiger partial charge on any atom is 0.0459 e. The Morgan fingerprint density at radius 1 is 1.46 bits per heavy atom. The molecule has 2 rings (SSSR count). The van der Waals surface area contributed by atoms with Crippen molar-refractivity contribution in [2.45, 2.75) is 25.3 Å². The lowest BCUT2D eigenvalue weighted by atomic mass is 9.79. The van der Waals surface area contributed by atoms with Crippen molar-refractivity contribution in [2.75, 3.05) is 6.54 Å². The minimum absolute atomic E-state index is 0.165. The Kier molecular flexibility index (Phi) is 2.31. The maximum absolute atomic E-state index is 6.16. The van der Waals surface area contributed by atoms with Crippen LogP contribution in [0.3, 0.4) is 0 Å². The summed E-state index contributed by atoms with van der Waals surface area (Å²) in [6, 6.07) is 8.12. The second kappa shape index (κ2) is 3.32. The first-order chi connectivity index (χ1) is 6.28. The second-order valence-electron chi connectivity index (χ2n) is 3.59. The van der Waals surface area contributed by atoms with Crippen molar-refractivity contribution in [3.05, 3.63) is 34.9 Å². The van der Waals surface area contributed by atoms with E-state index in [-0.39, 0.29) is 5.54 Å². The van der Waals surface area contributed by atoms with Crippen LogP contribution < -0.4 is 5.32 Å². The molecule has 1 aliphatic heterocycles. The van der Waals surface area contributed by atoms with Gasteiger partial charge in [-0.15, -0.1) is 0 Å². The Hall–Kier alpha value is -0.530. The second-order valence-corrected chi connectivity index (χ2v) is 4.00. The van der Waals surface area contributed by atoms with Crippen LogP contribution in [0, 0.1) is 0 Å². The molecule has 1 fully saturated rings. The summed E-state index contributed by atoms with van der Waals surface area (Å²) >= 11 is 6.16. The quantitative estimate of drug-likeness (QED) is 0.765. The molecule has 1 unspecified atom stereocenters. The van der Waals surface area contributed by atoms with Crippen molar-refractivity contribution >= 4 is 11.6 Å². The van der Waals surface area contributed by atoms with E-state index in [9.17, 15) is 0 Å². The van der Waals surface area contributed by atoms with Crippen LogP contribution in [-0.4, -0.2) is 6.54 Å². The number of nitrogens with one attached hydrogen (secondary N) is 1. The first kappa shape index (κ1) is 9.04. The van der Waals surface area contributed by atoms with Crippen molar-refractivity contribution in [1.29, 1.82) is 0 Å². The molecule has 1 saturated heterocycles. The molecule has 0 amide bonds. The Morgan fingerprint density at radius 3 is 2.62 bits per heavy atom. The number of benzene rings is 1. The van der Waals surface area contributed by atoms with Gasteiger partial charge in [0.25, 0.3) is 0 Å². The molecule has 13 heavy (non-hydrogen) atoms. The predicted octanol–water partition coefficient (Wildman–Crippen LogP) is 2.94. The monoisotopic (exact) mass is 195 g/mol. The molecule has 1 N–H and O–H groups in total. The molecule has 0 radical (unpaired) electrons. The lowest BCUT2D eigenvalue weighted by Crippen LogP contribution is -2.53. The lowest BCUT2D eigenvalue weighted by Gasteiger charge is -2.43. The van der Waals surface area contributed by atoms with Gasteiger partial charge in [-0.2, -0.15) is 0 Å². The zero-order chi connectivity index (χ0) is 9.31. The summed E-state index contributed by atoms with van der Waals surface area (Å²) in [5.74, 6) is 0. The third kappa shape index (κ3) is 1.36. The van der Waals surface area contributed by atoms with E-state index in [4.69, 9.17) is 11.6 Å². The van der Waals surface area contributed by atoms with Gasteiger partial charge < -0.3 is 5.32 Å². The molecule has 1 aromatic carbocycles. The molecule has 2 heteroatoms. The molecule has 1 nitrogen and oxygen atoms in total. The highest BCUT2D eigenvalue weighted by Crippen LogP contribution is 2.37. The van der Waals surface area contributed by atoms with Gasteiger partial charge in [0.05, 0.1) is 0 Å². The van der Waals surface area contributed by atoms with Gasteiger partial charge in [-0.25, -0.2) is 0 Å². The van der Waals surface area contributed by atoms with Crippen LogP contribution in [0.15, 0.2) is 24.3 Å². The Bertz CT molecular complexity index is 299. The van der Waals surface area contributed by atoms with Crippen molar-refractivity contribution in [1.82, 2.24) is 5.32 Å². The summed E-state index contributed by atoms with van der Waals surface area (Å²) in [5, 5.41) is 4.37. The fourth-order valence-corrected chi connectivity index (χ4v) is 2.31. The Balaban J connectivity index is 2.38. The molecular formula is C11H14ClN. The van der Waals surface area contributed by atoms with E-state index in [1.54, 1.807) is 0 Å². The molecule has 70 valence electrons. The van der Waals surface area contributed by atoms with Gasteiger partial charge in [-0.1, -0.05) is 36.7 Å². The molecular weight excluding hydrogens is 182 g/mol. The van der Waals surface area contributed by atoms with Gasteiger partial charge in [0.1, 0.15) is 0 Å². The molecule has 1 atom stereocenters. The number of hydrogen-bond acceptors (Lipinski definition) is 1. The zero-order valence-corrected chi connectivity index (χ0v) is 8.56. The fraction of sp³-hybridized carbons (Fsp3) is 0.455. The van der Waals surface area contributed by atoms with E-state index in [1.165, 1.54) is 12.0 Å². The van der Waals surface area contributed by atoms with Gasteiger partial charge in [0.2, 0.25) is 0 Å². The van der Waals surface area contributed by atoms with Crippen LogP contribution in [-0.2, 0) is 5.54 Å². The molecule has 0 spiro atoms. The first-order valence-corrected chi connectivity index (χ1v) is 5.16. The predicted molar refractivity (Wildman–Crippen MR) is 56.0 cm³/mol. The maximum atomic E-state index is 6.16. The number of halogens is 1. The topological polar surface area (TPSA) is 12.0 Å². The van der Waals surface area contributed by atoms with E-state index in [0.717, 1.165) is 18.0 Å². The summed E-state index contributed by atoms with van der Waals surface area (Å²) in [7, 11) is 0. The summed E-state index contributed by atoms with van der Waals surface area (Å²) < 4.78 is 0. The van der Waals surface area contributed by atoms with Crippen LogP contribution in [0.25, 0.3) is 0 Å². The van der Waals surface area contributed by atoms with E-state index in [0.29, 0.717) is 0 Å². The molecule has 0 aliphatic carbocycles. The number of hydrogen-bond donors (Lipinski definition) is 1. The molecule has 0 bridgehead atoms. The largest absolute Gasteiger partial charge is 0.307 e. The van der Waals surface area contributed by atoms with E-state index in [2.05, 4.69) is 24.4 Å². The summed E-state index contributed by atoms with van der Waals surface area (Å²) in [4.78, 5) is 0. The highest BCUT2D eigenvalue weighted by molar-refractivity contribution is 6.31. The zero-order valence-electron chi connectivity index (χ0n) is 7.81. The summed E-state index contributed by atoms with van der Waals surface area (Å²) in [5.41, 5.74) is 1.42. The van der Waals surface area contributed by atoms with Gasteiger partial charge in [-0.05, 0) is 31.0 Å². The molecule has 1 aromatic rings. The van der Waals surface area contributed by atoms with Gasteiger partial charge in [-0.3, -0.25) is 0 Å². The highest BCUT2D eigenvalue weighted by Gasteiger charge is 2.37. The first-order valence-electron chi connectivity index (χ1n) is 4.78. The third-order valence-corrected chi connectivity index (χ3v) is 3.34. The lowest BCUT2D eigenvalue weighted by molar-refractivity contribution is 0.201. The Morgan fingerprint density at radius 2 is 2.15 bits per heavy atom. The highest BCUT2D eigenvalue weighted by atomic mass is 35.5. The van der Waals surface area contributed by atoms with E-state index >= 15 is 0 Å². The van der Waals surface area contributed by atoms with Gasteiger partial charge in [0.15, 0.2) is 0 Å². The van der Waals surface area contributed by atoms with Gasteiger partial charge in [0, 0.05) is 10.6 Å². The van der Waals surface area contributed by atoms with Crippen molar-refractivity contribution in [3.8, 4) is 0 Å². The normalized spacial score (nSPS) is 26.9. The fourth-order valence-electron chi connectivity index (χ4n) is 2.00. The molecule has 1 heterocycles. The van der Waals surface area contributed by atoms with Crippen LogP contribution in [0.1, 0.15) is 25.3 Å². The third-order valence-electron chi connectivity index (χ3n) is 3.01. The van der Waals surface area contributed by atoms with Crippen LogP contribution in [0.4, 0.5) is 0 Å². The van der Waals surface area contributed by atoms with Crippen LogP contribution >= 0.6 is 11.6 Å². The van der Waals surface area contributed by atoms with E-state index in [1.807, 2.05) is 12.1 Å². The molecule has 1 aliphatic rings. The molecule has 0 saturated carbocycles. The Labute approximate surface area is 84.1 Å². The van der Waals surface area contributed by atoms with Gasteiger partial charge >= 0.3 is 0 Å². The summed E-state index contributed by atoms with van der Waals surface area (Å²) in [6.07, 6.45) is 2.31. The van der Waals surface area contributed by atoms with Crippen molar-refractivity contribution in [3.63, 3.8) is 0 Å². The average Bonchev–Trinajstić information content (AvgIpc) is 2.07. The average molecular weight is 196 g/mol. The van der Waals surface area contributed by atoms with E-state index < -0.39 is 0 Å². The van der Waals surface area contributed by atoms with Crippen LogP contribution in [0.2, 0.25) is 5.02 Å².